The van der Waals surface area contributed by atoms with E-state index in [1.54, 1.807) is 0 Å². The molecule has 3 aromatic heterocycles. The standard InChI is InChI=1S/C17H17N5O4S2/c1-22-12(18)11(14(25)20-17(22)26)8(23)6-27-16-19-13(24)10-7-4-2-3-5-9(7)28-15(10)21-16/h2-6,18H2,1H3,(H,19,21,24)(H,20,25,26). The fourth-order valence-electron chi connectivity index (χ4n) is 3.32. The number of aryl methyl sites for hydroxylation is 2. The number of nitrogens with one attached hydrogen (secondary N) is 2. The van der Waals surface area contributed by atoms with Crippen LogP contribution < -0.4 is 22.5 Å². The van der Waals surface area contributed by atoms with Crippen molar-refractivity contribution in [2.45, 2.75) is 30.8 Å². The molecule has 4 N–H and O–H groups in total. The Hall–Kier alpha value is -2.66. The first-order valence-corrected chi connectivity index (χ1v) is 10.5. The van der Waals surface area contributed by atoms with E-state index in [2.05, 4.69) is 15.0 Å². The Morgan fingerprint density at radius 1 is 1.21 bits per heavy atom. The van der Waals surface area contributed by atoms with Crippen molar-refractivity contribution in [2.24, 2.45) is 7.05 Å². The number of nitrogen functional groups attached to an aromatic ring is 1. The van der Waals surface area contributed by atoms with Crippen LogP contribution in [0.4, 0.5) is 5.82 Å². The number of fused-ring (bicyclic) bond motifs is 3. The SMILES string of the molecule is Cn1c(N)c(C(=O)CSc2nc3sc4c(c3c(=O)[nH]2)CCCC4)c(=O)[nH]c1=O. The van der Waals surface area contributed by atoms with Gasteiger partial charge in [-0.1, -0.05) is 11.8 Å². The average molecular weight is 419 g/mol. The van der Waals surface area contributed by atoms with E-state index in [-0.39, 0.29) is 22.7 Å². The van der Waals surface area contributed by atoms with Crippen LogP contribution in [0.2, 0.25) is 0 Å². The monoisotopic (exact) mass is 419 g/mol. The molecule has 0 bridgehead atoms. The highest BCUT2D eigenvalue weighted by molar-refractivity contribution is 7.99. The van der Waals surface area contributed by atoms with Crippen molar-refractivity contribution in [3.8, 4) is 0 Å². The zero-order chi connectivity index (χ0) is 20.0. The summed E-state index contributed by atoms with van der Waals surface area (Å²) in [5.74, 6) is -0.889. The van der Waals surface area contributed by atoms with Crippen LogP contribution >= 0.6 is 23.1 Å². The summed E-state index contributed by atoms with van der Waals surface area (Å²) < 4.78 is 1.00. The second kappa shape index (κ2) is 7.06. The van der Waals surface area contributed by atoms with E-state index in [9.17, 15) is 19.2 Å². The number of hydrogen-bond donors (Lipinski definition) is 3. The molecule has 0 atom stereocenters. The van der Waals surface area contributed by atoms with E-state index in [4.69, 9.17) is 5.73 Å². The molecule has 3 aromatic rings. The van der Waals surface area contributed by atoms with Crippen LogP contribution in [-0.2, 0) is 19.9 Å². The lowest BCUT2D eigenvalue weighted by molar-refractivity contribution is 0.102. The minimum atomic E-state index is -0.825. The molecule has 1 aliphatic rings. The molecule has 0 unspecified atom stereocenters. The molecule has 9 nitrogen and oxygen atoms in total. The third-order valence-corrected chi connectivity index (χ3v) is 6.85. The number of ketones is 1. The van der Waals surface area contributed by atoms with Gasteiger partial charge in [0.2, 0.25) is 0 Å². The lowest BCUT2D eigenvalue weighted by atomic mass is 9.97. The van der Waals surface area contributed by atoms with Crippen molar-refractivity contribution in [1.82, 2.24) is 19.5 Å². The number of nitrogens with zero attached hydrogens (tertiary/aromatic N) is 2. The molecule has 0 radical (unpaired) electrons. The van der Waals surface area contributed by atoms with Gasteiger partial charge < -0.3 is 10.7 Å². The lowest BCUT2D eigenvalue weighted by Gasteiger charge is -2.09. The normalized spacial score (nSPS) is 13.6. The maximum atomic E-state index is 12.5. The van der Waals surface area contributed by atoms with Crippen LogP contribution in [-0.4, -0.2) is 31.1 Å². The van der Waals surface area contributed by atoms with Crippen LogP contribution in [0.25, 0.3) is 10.2 Å². The van der Waals surface area contributed by atoms with Crippen LogP contribution in [0.15, 0.2) is 19.5 Å². The van der Waals surface area contributed by atoms with Gasteiger partial charge in [-0.25, -0.2) is 9.78 Å². The van der Waals surface area contributed by atoms with Crippen LogP contribution in [0.3, 0.4) is 0 Å². The van der Waals surface area contributed by atoms with Crippen molar-refractivity contribution in [1.29, 1.82) is 0 Å². The topological polar surface area (TPSA) is 144 Å². The van der Waals surface area contributed by atoms with Crippen LogP contribution in [0.5, 0.6) is 0 Å². The van der Waals surface area contributed by atoms with Gasteiger partial charge in [-0.05, 0) is 31.2 Å². The molecular formula is C17H17N5O4S2. The summed E-state index contributed by atoms with van der Waals surface area (Å²) in [5.41, 5.74) is 4.85. The lowest BCUT2D eigenvalue weighted by Crippen LogP contribution is -2.35. The summed E-state index contributed by atoms with van der Waals surface area (Å²) in [6.07, 6.45) is 4.04. The van der Waals surface area contributed by atoms with Crippen molar-refractivity contribution >= 4 is 44.9 Å². The molecule has 4 rings (SSSR count). The van der Waals surface area contributed by atoms with Gasteiger partial charge in [0.05, 0.1) is 11.1 Å². The highest BCUT2D eigenvalue weighted by Gasteiger charge is 2.21. The Bertz CT molecular complexity index is 1280. The van der Waals surface area contributed by atoms with E-state index < -0.39 is 17.0 Å². The number of thiophene rings is 1. The molecule has 0 aromatic carbocycles. The Kier molecular flexibility index (Phi) is 4.71. The summed E-state index contributed by atoms with van der Waals surface area (Å²) in [4.78, 5) is 59.6. The minimum Gasteiger partial charge on any atom is -0.384 e. The molecular weight excluding hydrogens is 402 g/mol. The highest BCUT2D eigenvalue weighted by Crippen LogP contribution is 2.34. The van der Waals surface area contributed by atoms with E-state index in [0.717, 1.165) is 47.6 Å². The molecule has 3 heterocycles. The van der Waals surface area contributed by atoms with Gasteiger partial charge in [0.15, 0.2) is 10.9 Å². The largest absolute Gasteiger partial charge is 0.384 e. The van der Waals surface area contributed by atoms with Crippen molar-refractivity contribution in [3.63, 3.8) is 0 Å². The third kappa shape index (κ3) is 3.10. The Morgan fingerprint density at radius 2 is 1.96 bits per heavy atom. The van der Waals surface area contributed by atoms with E-state index in [1.807, 2.05) is 0 Å². The predicted molar refractivity (Wildman–Crippen MR) is 109 cm³/mol. The zero-order valence-electron chi connectivity index (χ0n) is 15.0. The number of Topliss-reactive ketones (excluding diaryl/α,β-unsaturated/α-hetero) is 1. The zero-order valence-corrected chi connectivity index (χ0v) is 16.6. The number of carbonyl (C=O) groups is 1. The Labute approximate surface area is 166 Å². The summed E-state index contributed by atoms with van der Waals surface area (Å²) in [6.45, 7) is 0. The maximum Gasteiger partial charge on any atom is 0.329 e. The average Bonchev–Trinajstić information content (AvgIpc) is 3.03. The van der Waals surface area contributed by atoms with Gasteiger partial charge in [0.1, 0.15) is 16.2 Å². The van der Waals surface area contributed by atoms with Crippen molar-refractivity contribution in [2.75, 3.05) is 11.5 Å². The number of H-pyrrole nitrogens is 2. The number of anilines is 1. The number of carbonyl (C=O) groups excluding carboxylic acids is 1. The first-order chi connectivity index (χ1) is 13.4. The summed E-state index contributed by atoms with van der Waals surface area (Å²) in [7, 11) is 1.36. The smallest absolute Gasteiger partial charge is 0.329 e. The molecule has 0 saturated carbocycles. The fraction of sp³-hybridized carbons (Fsp3) is 0.353. The first-order valence-electron chi connectivity index (χ1n) is 8.66. The summed E-state index contributed by atoms with van der Waals surface area (Å²) in [5, 5.41) is 0.957. The van der Waals surface area contributed by atoms with Gasteiger partial charge in [-0.2, -0.15) is 0 Å². The number of rotatable bonds is 4. The molecule has 0 spiro atoms. The molecule has 146 valence electrons. The number of aromatic nitrogens is 4. The molecule has 1 aliphatic carbocycles. The number of thioether (sulfide) groups is 1. The van der Waals surface area contributed by atoms with Crippen LogP contribution in [0.1, 0.15) is 33.6 Å². The second-order valence-corrected chi connectivity index (χ2v) is 8.60. The van der Waals surface area contributed by atoms with Crippen LogP contribution in [0, 0.1) is 0 Å². The summed E-state index contributed by atoms with van der Waals surface area (Å²) >= 11 is 2.55. The van der Waals surface area contributed by atoms with Gasteiger partial charge in [-0.3, -0.25) is 23.9 Å². The summed E-state index contributed by atoms with van der Waals surface area (Å²) in [6, 6.07) is 0. The third-order valence-electron chi connectivity index (χ3n) is 4.79. The van der Waals surface area contributed by atoms with E-state index >= 15 is 0 Å². The fourth-order valence-corrected chi connectivity index (χ4v) is 5.38. The van der Waals surface area contributed by atoms with Gasteiger partial charge in [0.25, 0.3) is 11.1 Å². The maximum absolute atomic E-state index is 12.5. The second-order valence-electron chi connectivity index (χ2n) is 6.55. The van der Waals surface area contributed by atoms with Crippen molar-refractivity contribution < 1.29 is 4.79 Å². The number of aromatic amines is 2. The molecule has 0 saturated heterocycles. The molecule has 0 amide bonds. The number of hydrogen-bond acceptors (Lipinski definition) is 8. The number of nitrogens with two attached hydrogens (primary N) is 1. The minimum absolute atomic E-state index is 0.148. The Balaban J connectivity index is 1.62. The van der Waals surface area contributed by atoms with Gasteiger partial charge in [0, 0.05) is 11.9 Å². The van der Waals surface area contributed by atoms with Crippen molar-refractivity contribution in [3.05, 3.63) is 47.2 Å². The van der Waals surface area contributed by atoms with Gasteiger partial charge >= 0.3 is 5.69 Å². The predicted octanol–water partition coefficient (Wildman–Crippen LogP) is 0.808. The molecule has 0 aliphatic heterocycles. The first kappa shape index (κ1) is 18.7. The van der Waals surface area contributed by atoms with E-state index in [1.165, 1.54) is 23.3 Å². The van der Waals surface area contributed by atoms with E-state index in [0.29, 0.717) is 15.4 Å². The molecule has 28 heavy (non-hydrogen) atoms. The quantitative estimate of drug-likeness (QED) is 0.322. The van der Waals surface area contributed by atoms with Gasteiger partial charge in [-0.15, -0.1) is 11.3 Å². The highest BCUT2D eigenvalue weighted by atomic mass is 32.2. The molecule has 0 fully saturated rings. The molecule has 11 heteroatoms. The Morgan fingerprint density at radius 3 is 2.75 bits per heavy atom.